The molecule has 0 radical (unpaired) electrons. The first-order chi connectivity index (χ1) is 8.17. The van der Waals surface area contributed by atoms with Gasteiger partial charge in [-0.2, -0.15) is 4.99 Å². The van der Waals surface area contributed by atoms with E-state index in [4.69, 9.17) is 0 Å². The minimum atomic E-state index is -0.526. The minimum absolute atomic E-state index is 0.266. The number of hydrogen-bond acceptors (Lipinski definition) is 4. The van der Waals surface area contributed by atoms with Gasteiger partial charge in [0.2, 0.25) is 6.08 Å². The molecule has 1 aliphatic rings. The van der Waals surface area contributed by atoms with Crippen LogP contribution in [0.3, 0.4) is 0 Å². The summed E-state index contributed by atoms with van der Waals surface area (Å²) in [5.74, 6) is 0. The Hall–Kier alpha value is -2.46. The molecule has 17 heavy (non-hydrogen) atoms. The summed E-state index contributed by atoms with van der Waals surface area (Å²) in [7, 11) is 0. The first-order valence-corrected chi connectivity index (χ1v) is 5.03. The van der Waals surface area contributed by atoms with Gasteiger partial charge < -0.3 is 0 Å². The van der Waals surface area contributed by atoms with E-state index in [1.165, 1.54) is 6.08 Å². The molecule has 0 aliphatic carbocycles. The Morgan fingerprint density at radius 3 is 2.59 bits per heavy atom. The molecule has 6 heteroatoms. The summed E-state index contributed by atoms with van der Waals surface area (Å²) in [6.45, 7) is 1.95. The molecule has 6 nitrogen and oxygen atoms in total. The molecule has 86 valence electrons. The van der Waals surface area contributed by atoms with E-state index in [0.29, 0.717) is 5.69 Å². The molecule has 1 saturated heterocycles. The molecule has 0 aromatic heterocycles. The molecule has 1 N–H and O–H groups in total. The molecule has 1 aromatic carbocycles. The van der Waals surface area contributed by atoms with Crippen molar-refractivity contribution in [1.82, 2.24) is 5.32 Å². The van der Waals surface area contributed by atoms with E-state index in [0.717, 1.165) is 16.9 Å². The monoisotopic (exact) mass is 231 g/mol. The minimum Gasteiger partial charge on any atom is -0.258 e. The smallest absolute Gasteiger partial charge is 0.258 e. The maximum absolute atomic E-state index is 11.2. The van der Waals surface area contributed by atoms with Gasteiger partial charge in [-0.15, -0.1) is 0 Å². The van der Waals surface area contributed by atoms with Crippen LogP contribution in [-0.2, 0) is 11.2 Å². The van der Waals surface area contributed by atoms with Gasteiger partial charge in [0.25, 0.3) is 0 Å². The van der Waals surface area contributed by atoms with Gasteiger partial charge in [0.05, 0.1) is 5.69 Å². The normalized spacial score (nSPS) is 13.8. The van der Waals surface area contributed by atoms with Crippen LogP contribution >= 0.6 is 0 Å². The van der Waals surface area contributed by atoms with Crippen molar-refractivity contribution in [3.05, 3.63) is 23.8 Å². The molecule has 1 aliphatic heterocycles. The number of benzene rings is 1. The highest BCUT2D eigenvalue weighted by molar-refractivity contribution is 6.29. The molecule has 0 unspecified atom stereocenters. The maximum Gasteiger partial charge on any atom is 0.338 e. The number of amides is 4. The molecule has 0 spiro atoms. The number of nitrogens with zero attached hydrogens (tertiary/aromatic N) is 2. The zero-order valence-electron chi connectivity index (χ0n) is 9.06. The van der Waals surface area contributed by atoms with Crippen LogP contribution in [-0.4, -0.2) is 18.1 Å². The molecule has 1 fully saturated rings. The molecule has 0 bridgehead atoms. The molecular formula is C11H9N3O3. The van der Waals surface area contributed by atoms with Crippen LogP contribution in [0.15, 0.2) is 23.2 Å². The average molecular weight is 231 g/mol. The number of carbonyl (C=O) groups is 2. The first kappa shape index (κ1) is 11.0. The Bertz CT molecular complexity index is 533. The van der Waals surface area contributed by atoms with Crippen LogP contribution in [0.2, 0.25) is 0 Å². The SMILES string of the molecule is CCc1ccc(N2C(=O)NC2=O)c(N=C=O)c1. The molecular weight excluding hydrogens is 222 g/mol. The van der Waals surface area contributed by atoms with Crippen molar-refractivity contribution >= 4 is 29.5 Å². The summed E-state index contributed by atoms with van der Waals surface area (Å²) in [6, 6.07) is 3.96. The number of carbonyl (C=O) groups excluding carboxylic acids is 3. The number of hydrogen-bond donors (Lipinski definition) is 1. The van der Waals surface area contributed by atoms with E-state index in [-0.39, 0.29) is 5.69 Å². The fraction of sp³-hybridized carbons (Fsp3) is 0.182. The van der Waals surface area contributed by atoms with Gasteiger partial charge in [0.15, 0.2) is 0 Å². The van der Waals surface area contributed by atoms with Gasteiger partial charge in [-0.05, 0) is 24.1 Å². The topological polar surface area (TPSA) is 78.8 Å². The van der Waals surface area contributed by atoms with Crippen molar-refractivity contribution in [2.75, 3.05) is 4.90 Å². The van der Waals surface area contributed by atoms with Crippen LogP contribution in [0.4, 0.5) is 21.0 Å². The summed E-state index contributed by atoms with van der Waals surface area (Å²) >= 11 is 0. The lowest BCUT2D eigenvalue weighted by molar-refractivity contribution is 0.218. The van der Waals surface area contributed by atoms with Gasteiger partial charge >= 0.3 is 12.1 Å². The average Bonchev–Trinajstić information content (AvgIpc) is 2.31. The molecule has 1 aromatic rings. The summed E-state index contributed by atoms with van der Waals surface area (Å²) in [4.78, 5) is 37.2. The number of aryl methyl sites for hydroxylation is 1. The number of imide groups is 2. The summed E-state index contributed by atoms with van der Waals surface area (Å²) in [5.41, 5.74) is 1.51. The fourth-order valence-corrected chi connectivity index (χ4v) is 1.58. The lowest BCUT2D eigenvalue weighted by atomic mass is 10.1. The third kappa shape index (κ3) is 1.81. The summed E-state index contributed by atoms with van der Waals surface area (Å²) < 4.78 is 0. The van der Waals surface area contributed by atoms with Gasteiger partial charge in [-0.3, -0.25) is 5.32 Å². The van der Waals surface area contributed by atoms with Crippen molar-refractivity contribution in [1.29, 1.82) is 0 Å². The van der Waals surface area contributed by atoms with Gasteiger partial charge in [-0.25, -0.2) is 19.3 Å². The zero-order valence-corrected chi connectivity index (χ0v) is 9.06. The summed E-state index contributed by atoms with van der Waals surface area (Å²) in [5, 5.41) is 2.06. The lowest BCUT2D eigenvalue weighted by Gasteiger charge is -2.29. The predicted molar refractivity (Wildman–Crippen MR) is 60.0 cm³/mol. The van der Waals surface area contributed by atoms with E-state index >= 15 is 0 Å². The van der Waals surface area contributed by atoms with Crippen LogP contribution in [0.1, 0.15) is 12.5 Å². The van der Waals surface area contributed by atoms with Crippen molar-refractivity contribution in [3.8, 4) is 0 Å². The molecule has 4 amide bonds. The second kappa shape index (κ2) is 4.19. The van der Waals surface area contributed by atoms with E-state index < -0.39 is 12.1 Å². The van der Waals surface area contributed by atoms with E-state index in [9.17, 15) is 14.4 Å². The third-order valence-electron chi connectivity index (χ3n) is 2.48. The summed E-state index contributed by atoms with van der Waals surface area (Å²) in [6.07, 6.45) is 2.18. The Labute approximate surface area is 96.9 Å². The Balaban J connectivity index is 2.49. The highest BCUT2D eigenvalue weighted by atomic mass is 16.2. The number of aliphatic imine (C=N–C) groups is 1. The number of anilines is 1. The second-order valence-electron chi connectivity index (χ2n) is 3.45. The van der Waals surface area contributed by atoms with Crippen molar-refractivity contribution in [2.45, 2.75) is 13.3 Å². The number of isocyanates is 1. The van der Waals surface area contributed by atoms with Crippen molar-refractivity contribution in [2.24, 2.45) is 4.99 Å². The van der Waals surface area contributed by atoms with E-state index in [1.54, 1.807) is 18.2 Å². The Morgan fingerprint density at radius 2 is 2.06 bits per heavy atom. The second-order valence-corrected chi connectivity index (χ2v) is 3.45. The van der Waals surface area contributed by atoms with Gasteiger partial charge in [0.1, 0.15) is 5.69 Å². The van der Waals surface area contributed by atoms with E-state index in [1.807, 2.05) is 6.92 Å². The molecule has 1 heterocycles. The number of urea groups is 2. The van der Waals surface area contributed by atoms with Crippen LogP contribution in [0.5, 0.6) is 0 Å². The Kier molecular flexibility index (Phi) is 2.72. The van der Waals surface area contributed by atoms with Crippen LogP contribution < -0.4 is 10.2 Å². The number of nitrogens with one attached hydrogen (secondary N) is 1. The Morgan fingerprint density at radius 1 is 1.35 bits per heavy atom. The maximum atomic E-state index is 11.2. The van der Waals surface area contributed by atoms with E-state index in [2.05, 4.69) is 10.3 Å². The van der Waals surface area contributed by atoms with Crippen LogP contribution in [0.25, 0.3) is 0 Å². The largest absolute Gasteiger partial charge is 0.338 e. The molecule has 0 saturated carbocycles. The standard InChI is InChI=1S/C11H9N3O3/c1-2-7-3-4-9(8(5-7)12-6-15)14-10(16)13-11(14)17/h3-5H,2H2,1H3,(H,13,16,17). The van der Waals surface area contributed by atoms with Gasteiger partial charge in [0, 0.05) is 0 Å². The quantitative estimate of drug-likeness (QED) is 0.637. The van der Waals surface area contributed by atoms with Gasteiger partial charge in [-0.1, -0.05) is 13.0 Å². The molecule has 0 atom stereocenters. The predicted octanol–water partition coefficient (Wildman–Crippen LogP) is 1.87. The fourth-order valence-electron chi connectivity index (χ4n) is 1.58. The molecule has 2 rings (SSSR count). The third-order valence-corrected chi connectivity index (χ3v) is 2.48. The van der Waals surface area contributed by atoms with Crippen LogP contribution in [0, 0.1) is 0 Å². The lowest BCUT2D eigenvalue weighted by Crippen LogP contribution is -2.61. The zero-order chi connectivity index (χ0) is 12.4. The number of rotatable bonds is 3. The van der Waals surface area contributed by atoms with Crippen molar-refractivity contribution in [3.63, 3.8) is 0 Å². The highest BCUT2D eigenvalue weighted by Crippen LogP contribution is 2.31. The highest BCUT2D eigenvalue weighted by Gasteiger charge is 2.36. The first-order valence-electron chi connectivity index (χ1n) is 5.03. The van der Waals surface area contributed by atoms with Crippen molar-refractivity contribution < 1.29 is 14.4 Å².